The van der Waals surface area contributed by atoms with Crippen LogP contribution in [0.25, 0.3) is 0 Å². The van der Waals surface area contributed by atoms with Crippen LogP contribution in [0.2, 0.25) is 0 Å². The van der Waals surface area contributed by atoms with Crippen molar-refractivity contribution in [3.05, 3.63) is 29.3 Å². The fraction of sp³-hybridized carbons (Fsp3) is 0.300. The second-order valence-corrected chi connectivity index (χ2v) is 3.35. The average Bonchev–Trinajstić information content (AvgIpc) is 2.54. The largest absolute Gasteiger partial charge is 0.326 e. The first-order chi connectivity index (χ1) is 6.79. The van der Waals surface area contributed by atoms with E-state index in [1.807, 2.05) is 18.2 Å². The van der Waals surface area contributed by atoms with Crippen LogP contribution in [0.1, 0.15) is 11.1 Å². The summed E-state index contributed by atoms with van der Waals surface area (Å²) in [5.41, 5.74) is 8.50. The molecule has 2 rings (SSSR count). The summed E-state index contributed by atoms with van der Waals surface area (Å²) in [6.45, 7) is 1.21. The molecular formula is C10H13N3O. The van der Waals surface area contributed by atoms with Crippen molar-refractivity contribution in [1.82, 2.24) is 5.32 Å². The third-order valence-electron chi connectivity index (χ3n) is 2.27. The number of carbonyl (C=O) groups excluding carboxylic acids is 1. The number of hydrogen-bond donors (Lipinski definition) is 3. The van der Waals surface area contributed by atoms with Crippen molar-refractivity contribution in [3.8, 4) is 0 Å². The zero-order valence-electron chi connectivity index (χ0n) is 7.84. The predicted molar refractivity (Wildman–Crippen MR) is 54.7 cm³/mol. The van der Waals surface area contributed by atoms with Crippen molar-refractivity contribution in [2.75, 3.05) is 12.0 Å². The molecule has 4 heteroatoms. The van der Waals surface area contributed by atoms with Crippen LogP contribution in [0.3, 0.4) is 0 Å². The van der Waals surface area contributed by atoms with Crippen LogP contribution in [0.15, 0.2) is 18.2 Å². The van der Waals surface area contributed by atoms with E-state index in [1.165, 1.54) is 0 Å². The Kier molecular flexibility index (Phi) is 2.47. The van der Waals surface area contributed by atoms with E-state index < -0.39 is 0 Å². The second-order valence-electron chi connectivity index (χ2n) is 3.35. The molecule has 74 valence electrons. The third kappa shape index (κ3) is 1.76. The summed E-state index contributed by atoms with van der Waals surface area (Å²) >= 11 is 0. The van der Waals surface area contributed by atoms with E-state index in [0.29, 0.717) is 13.1 Å². The Morgan fingerprint density at radius 1 is 1.50 bits per heavy atom. The standard InChI is InChI=1S/C10H13N3O/c11-6-12-5-7-1-2-9-8(3-7)4-10(14)13-9/h1-3,12H,4-6,11H2,(H,13,14). The Morgan fingerprint density at radius 2 is 2.36 bits per heavy atom. The molecule has 0 aliphatic carbocycles. The van der Waals surface area contributed by atoms with Crippen LogP contribution in [-0.4, -0.2) is 12.6 Å². The van der Waals surface area contributed by atoms with Gasteiger partial charge in [0.05, 0.1) is 6.42 Å². The summed E-state index contributed by atoms with van der Waals surface area (Å²) in [4.78, 5) is 11.1. The van der Waals surface area contributed by atoms with Gasteiger partial charge in [0, 0.05) is 18.9 Å². The maximum atomic E-state index is 11.1. The van der Waals surface area contributed by atoms with Crippen LogP contribution in [0.4, 0.5) is 5.69 Å². The van der Waals surface area contributed by atoms with Crippen LogP contribution >= 0.6 is 0 Å². The first-order valence-corrected chi connectivity index (χ1v) is 4.62. The lowest BCUT2D eigenvalue weighted by Crippen LogP contribution is -2.21. The molecule has 0 fully saturated rings. The van der Waals surface area contributed by atoms with E-state index in [2.05, 4.69) is 10.6 Å². The van der Waals surface area contributed by atoms with E-state index >= 15 is 0 Å². The number of nitrogens with two attached hydrogens (primary N) is 1. The van der Waals surface area contributed by atoms with Crippen molar-refractivity contribution in [1.29, 1.82) is 0 Å². The van der Waals surface area contributed by atoms with Gasteiger partial charge in [0.2, 0.25) is 5.91 Å². The molecule has 0 atom stereocenters. The zero-order chi connectivity index (χ0) is 9.97. The molecule has 1 aliphatic heterocycles. The van der Waals surface area contributed by atoms with Crippen molar-refractivity contribution in [2.24, 2.45) is 5.73 Å². The Morgan fingerprint density at radius 3 is 3.14 bits per heavy atom. The predicted octanol–water partition coefficient (Wildman–Crippen LogP) is 0.187. The summed E-state index contributed by atoms with van der Waals surface area (Å²) in [5, 5.41) is 5.84. The highest BCUT2D eigenvalue weighted by atomic mass is 16.1. The highest BCUT2D eigenvalue weighted by molar-refractivity contribution is 5.99. The van der Waals surface area contributed by atoms with Crippen molar-refractivity contribution < 1.29 is 4.79 Å². The molecule has 0 spiro atoms. The fourth-order valence-corrected chi connectivity index (χ4v) is 1.61. The van der Waals surface area contributed by atoms with Gasteiger partial charge in [-0.25, -0.2) is 0 Å². The lowest BCUT2D eigenvalue weighted by molar-refractivity contribution is -0.115. The molecule has 4 N–H and O–H groups in total. The second kappa shape index (κ2) is 3.77. The number of carbonyl (C=O) groups is 1. The molecule has 1 amide bonds. The minimum absolute atomic E-state index is 0.0731. The van der Waals surface area contributed by atoms with Gasteiger partial charge in [-0.2, -0.15) is 0 Å². The van der Waals surface area contributed by atoms with Crippen molar-refractivity contribution in [2.45, 2.75) is 13.0 Å². The Balaban J connectivity index is 2.16. The average molecular weight is 191 g/mol. The van der Waals surface area contributed by atoms with Crippen LogP contribution in [-0.2, 0) is 17.8 Å². The molecule has 0 unspecified atom stereocenters. The number of benzene rings is 1. The number of rotatable bonds is 3. The zero-order valence-corrected chi connectivity index (χ0v) is 7.84. The Bertz CT molecular complexity index is 362. The molecule has 1 aromatic rings. The van der Waals surface area contributed by atoms with E-state index in [9.17, 15) is 4.79 Å². The quantitative estimate of drug-likeness (QED) is 0.597. The van der Waals surface area contributed by atoms with E-state index in [1.54, 1.807) is 0 Å². The molecule has 0 radical (unpaired) electrons. The van der Waals surface area contributed by atoms with Crippen LogP contribution < -0.4 is 16.4 Å². The number of amides is 1. The SMILES string of the molecule is NCNCc1ccc2c(c1)CC(=O)N2. The van der Waals surface area contributed by atoms with Gasteiger partial charge in [-0.15, -0.1) is 0 Å². The molecule has 1 heterocycles. The van der Waals surface area contributed by atoms with E-state index in [0.717, 1.165) is 23.4 Å². The van der Waals surface area contributed by atoms with Gasteiger partial charge >= 0.3 is 0 Å². The maximum absolute atomic E-state index is 11.1. The lowest BCUT2D eigenvalue weighted by atomic mass is 10.1. The van der Waals surface area contributed by atoms with Gasteiger partial charge in [0.1, 0.15) is 0 Å². The molecule has 14 heavy (non-hydrogen) atoms. The molecule has 0 aromatic heterocycles. The minimum atomic E-state index is 0.0731. The van der Waals surface area contributed by atoms with E-state index in [-0.39, 0.29) is 5.91 Å². The normalized spacial score (nSPS) is 13.9. The van der Waals surface area contributed by atoms with Gasteiger partial charge in [0.15, 0.2) is 0 Å². The Labute approximate surface area is 82.5 Å². The monoisotopic (exact) mass is 191 g/mol. The Hall–Kier alpha value is -1.39. The number of hydrogen-bond acceptors (Lipinski definition) is 3. The number of nitrogens with one attached hydrogen (secondary N) is 2. The smallest absolute Gasteiger partial charge is 0.228 e. The topological polar surface area (TPSA) is 67.1 Å². The van der Waals surface area contributed by atoms with Gasteiger partial charge in [-0.05, 0) is 17.2 Å². The summed E-state index contributed by atoms with van der Waals surface area (Å²) < 4.78 is 0. The molecule has 0 saturated carbocycles. The maximum Gasteiger partial charge on any atom is 0.228 e. The highest BCUT2D eigenvalue weighted by Gasteiger charge is 2.16. The number of anilines is 1. The molecule has 1 aromatic carbocycles. The van der Waals surface area contributed by atoms with Gasteiger partial charge < -0.3 is 16.4 Å². The number of fused-ring (bicyclic) bond motifs is 1. The minimum Gasteiger partial charge on any atom is -0.326 e. The van der Waals surface area contributed by atoms with Crippen molar-refractivity contribution >= 4 is 11.6 Å². The summed E-state index contributed by atoms with van der Waals surface area (Å²) in [6.07, 6.45) is 0.492. The first-order valence-electron chi connectivity index (χ1n) is 4.62. The van der Waals surface area contributed by atoms with Crippen LogP contribution in [0.5, 0.6) is 0 Å². The fourth-order valence-electron chi connectivity index (χ4n) is 1.61. The third-order valence-corrected chi connectivity index (χ3v) is 2.27. The summed E-state index contributed by atoms with van der Waals surface area (Å²) in [7, 11) is 0. The van der Waals surface area contributed by atoms with Gasteiger partial charge in [-0.3, -0.25) is 4.79 Å². The molecular weight excluding hydrogens is 178 g/mol. The summed E-state index contributed by atoms with van der Waals surface area (Å²) in [5.74, 6) is 0.0731. The molecule has 1 aliphatic rings. The van der Waals surface area contributed by atoms with Gasteiger partial charge in [0.25, 0.3) is 0 Å². The highest BCUT2D eigenvalue weighted by Crippen LogP contribution is 2.23. The lowest BCUT2D eigenvalue weighted by Gasteiger charge is -2.04. The van der Waals surface area contributed by atoms with Gasteiger partial charge in [-0.1, -0.05) is 12.1 Å². The van der Waals surface area contributed by atoms with Crippen molar-refractivity contribution in [3.63, 3.8) is 0 Å². The molecule has 0 bridgehead atoms. The van der Waals surface area contributed by atoms with E-state index in [4.69, 9.17) is 5.73 Å². The van der Waals surface area contributed by atoms with Crippen LogP contribution in [0, 0.1) is 0 Å². The molecule has 4 nitrogen and oxygen atoms in total. The first kappa shape index (κ1) is 9.18. The molecule has 0 saturated heterocycles. The summed E-state index contributed by atoms with van der Waals surface area (Å²) in [6, 6.07) is 5.97.